The molecule has 0 aliphatic rings. The molecule has 2 aromatic carbocycles. The number of nitrogens with zero attached hydrogens (tertiary/aromatic N) is 2. The van der Waals surface area contributed by atoms with Gasteiger partial charge in [-0.05, 0) is 54.2 Å². The molecule has 0 radical (unpaired) electrons. The Morgan fingerprint density at radius 2 is 1.41 bits per heavy atom. The maximum atomic E-state index is 5.92. The van der Waals surface area contributed by atoms with Crippen LogP contribution in [0.4, 0.5) is 5.69 Å². The second-order valence-corrected chi connectivity index (χ2v) is 6.48. The Bertz CT molecular complexity index is 692. The number of aromatic nitrogens is 1. The van der Waals surface area contributed by atoms with Crippen molar-refractivity contribution in [3.8, 4) is 0 Å². The van der Waals surface area contributed by atoms with Crippen molar-refractivity contribution in [3.63, 3.8) is 0 Å². The maximum absolute atomic E-state index is 5.92. The lowest BCUT2D eigenvalue weighted by atomic mass is 10.3. The molecule has 1 aromatic heterocycles. The van der Waals surface area contributed by atoms with Crippen LogP contribution in [-0.2, 0) is 0 Å². The Kier molecular flexibility index (Phi) is 4.88. The molecule has 0 amide bonds. The van der Waals surface area contributed by atoms with Crippen LogP contribution in [0.25, 0.3) is 5.43 Å². The van der Waals surface area contributed by atoms with E-state index in [9.17, 15) is 0 Å². The second-order valence-electron chi connectivity index (χ2n) is 4.52. The van der Waals surface area contributed by atoms with E-state index < -0.39 is 0 Å². The Hall–Kier alpha value is -1.68. The van der Waals surface area contributed by atoms with Gasteiger partial charge in [0.1, 0.15) is 0 Å². The van der Waals surface area contributed by atoms with Crippen molar-refractivity contribution in [3.05, 3.63) is 88.4 Å². The summed E-state index contributed by atoms with van der Waals surface area (Å²) >= 11 is 13.5. The van der Waals surface area contributed by atoms with Gasteiger partial charge in [0.05, 0.1) is 0 Å². The molecule has 0 spiro atoms. The van der Waals surface area contributed by atoms with Crippen LogP contribution in [0.1, 0.15) is 0 Å². The molecule has 5 heteroatoms. The van der Waals surface area contributed by atoms with Crippen molar-refractivity contribution in [2.24, 2.45) is 0 Å². The van der Waals surface area contributed by atoms with E-state index in [1.807, 2.05) is 77.6 Å². The zero-order chi connectivity index (χ0) is 15.4. The smallest absolute Gasteiger partial charge is 0.240 e. The Morgan fingerprint density at radius 1 is 0.773 bits per heavy atom. The minimum absolute atomic E-state index is 0.702. The van der Waals surface area contributed by atoms with Crippen LogP contribution in [-0.4, -0.2) is 0 Å². The zero-order valence-electron chi connectivity index (χ0n) is 11.5. The molecule has 3 rings (SSSR count). The predicted molar refractivity (Wildman–Crippen MR) is 92.1 cm³/mol. The first-order chi connectivity index (χ1) is 10.7. The SMILES string of the molecule is Clc1ccc([N-][n+]2ccccc2Sc2ccc(Cl)cc2)cc1. The van der Waals surface area contributed by atoms with Gasteiger partial charge in [0.25, 0.3) is 0 Å². The van der Waals surface area contributed by atoms with E-state index in [0.29, 0.717) is 5.02 Å². The van der Waals surface area contributed by atoms with Crippen molar-refractivity contribution in [1.29, 1.82) is 0 Å². The summed E-state index contributed by atoms with van der Waals surface area (Å²) in [6.45, 7) is 0. The highest BCUT2D eigenvalue weighted by molar-refractivity contribution is 7.99. The van der Waals surface area contributed by atoms with Gasteiger partial charge in [-0.15, -0.1) is 0 Å². The van der Waals surface area contributed by atoms with Crippen molar-refractivity contribution in [1.82, 2.24) is 0 Å². The molecular formula is C17H12Cl2N2S. The summed E-state index contributed by atoms with van der Waals surface area (Å²) < 4.78 is 1.85. The van der Waals surface area contributed by atoms with Crippen molar-refractivity contribution >= 4 is 40.7 Å². The second kappa shape index (κ2) is 7.05. The number of halogens is 2. The predicted octanol–water partition coefficient (Wildman–Crippen LogP) is 5.90. The molecule has 0 saturated carbocycles. The van der Waals surface area contributed by atoms with Gasteiger partial charge in [0.15, 0.2) is 6.20 Å². The molecule has 0 unspecified atom stereocenters. The molecule has 1 heterocycles. The van der Waals surface area contributed by atoms with Gasteiger partial charge in [0, 0.05) is 27.1 Å². The van der Waals surface area contributed by atoms with Crippen LogP contribution in [0, 0.1) is 0 Å². The van der Waals surface area contributed by atoms with Gasteiger partial charge < -0.3 is 5.43 Å². The first-order valence-electron chi connectivity index (χ1n) is 6.62. The molecule has 2 nitrogen and oxygen atoms in total. The number of benzene rings is 2. The van der Waals surface area contributed by atoms with Crippen molar-refractivity contribution in [2.45, 2.75) is 9.92 Å². The third kappa shape index (κ3) is 3.95. The zero-order valence-corrected chi connectivity index (χ0v) is 13.8. The third-order valence-corrected chi connectivity index (χ3v) is 4.43. The number of pyridine rings is 1. The average Bonchev–Trinajstić information content (AvgIpc) is 2.54. The quantitative estimate of drug-likeness (QED) is 0.537. The fraction of sp³-hybridized carbons (Fsp3) is 0. The molecule has 0 aliphatic heterocycles. The minimum atomic E-state index is 0.702. The lowest BCUT2D eigenvalue weighted by molar-refractivity contribution is -0.658. The van der Waals surface area contributed by atoms with Gasteiger partial charge in [-0.3, -0.25) is 0 Å². The van der Waals surface area contributed by atoms with Crippen LogP contribution in [0.5, 0.6) is 0 Å². The normalized spacial score (nSPS) is 10.5. The average molecular weight is 347 g/mol. The monoisotopic (exact) mass is 346 g/mol. The molecule has 0 atom stereocenters. The minimum Gasteiger partial charge on any atom is -0.404 e. The summed E-state index contributed by atoms with van der Waals surface area (Å²) in [5.41, 5.74) is 5.45. The maximum Gasteiger partial charge on any atom is 0.240 e. The highest BCUT2D eigenvalue weighted by Gasteiger charge is 2.06. The molecule has 3 aromatic rings. The van der Waals surface area contributed by atoms with Gasteiger partial charge in [-0.25, -0.2) is 4.68 Å². The first kappa shape index (κ1) is 15.2. The number of rotatable bonds is 4. The lowest BCUT2D eigenvalue weighted by Crippen LogP contribution is -2.30. The van der Waals surface area contributed by atoms with E-state index in [1.54, 1.807) is 11.8 Å². The molecule has 0 N–H and O–H groups in total. The van der Waals surface area contributed by atoms with Crippen molar-refractivity contribution < 1.29 is 4.68 Å². The summed E-state index contributed by atoms with van der Waals surface area (Å²) in [6, 6.07) is 21.2. The standard InChI is InChI=1S/C17H12Cl2N2S/c18-13-4-8-15(9-5-13)20-21-12-2-1-3-17(21)22-16-10-6-14(19)7-11-16/h1-12H. The Balaban J connectivity index is 1.83. The molecule has 0 fully saturated rings. The van der Waals surface area contributed by atoms with Crippen LogP contribution in [0.3, 0.4) is 0 Å². The highest BCUT2D eigenvalue weighted by atomic mass is 35.5. The Morgan fingerprint density at radius 3 is 2.09 bits per heavy atom. The Labute approximate surface area is 143 Å². The van der Waals surface area contributed by atoms with Crippen LogP contribution >= 0.6 is 35.0 Å². The summed E-state index contributed by atoms with van der Waals surface area (Å²) in [7, 11) is 0. The molecule has 0 saturated heterocycles. The van der Waals surface area contributed by atoms with E-state index in [1.165, 1.54) is 0 Å². The summed E-state index contributed by atoms with van der Waals surface area (Å²) in [6.07, 6.45) is 1.92. The first-order valence-corrected chi connectivity index (χ1v) is 8.20. The summed E-state index contributed by atoms with van der Waals surface area (Å²) in [5.74, 6) is 0. The van der Waals surface area contributed by atoms with E-state index in [4.69, 9.17) is 23.2 Å². The van der Waals surface area contributed by atoms with Crippen LogP contribution in [0.15, 0.2) is 82.8 Å². The molecule has 0 bridgehead atoms. The molecule has 22 heavy (non-hydrogen) atoms. The molecule has 0 aliphatic carbocycles. The van der Waals surface area contributed by atoms with Gasteiger partial charge in [-0.1, -0.05) is 41.0 Å². The van der Waals surface area contributed by atoms with Crippen LogP contribution < -0.4 is 4.68 Å². The van der Waals surface area contributed by atoms with E-state index >= 15 is 0 Å². The summed E-state index contributed by atoms with van der Waals surface area (Å²) in [5, 5.41) is 2.45. The van der Waals surface area contributed by atoms with Crippen molar-refractivity contribution in [2.75, 3.05) is 0 Å². The largest absolute Gasteiger partial charge is 0.404 e. The summed E-state index contributed by atoms with van der Waals surface area (Å²) in [4.78, 5) is 1.11. The van der Waals surface area contributed by atoms with E-state index in [0.717, 1.165) is 20.6 Å². The van der Waals surface area contributed by atoms with Gasteiger partial charge in [-0.2, -0.15) is 0 Å². The number of hydrogen-bond donors (Lipinski definition) is 0. The van der Waals surface area contributed by atoms with E-state index in [-0.39, 0.29) is 0 Å². The fourth-order valence-electron chi connectivity index (χ4n) is 1.84. The third-order valence-electron chi connectivity index (χ3n) is 2.89. The van der Waals surface area contributed by atoms with E-state index in [2.05, 4.69) is 5.43 Å². The number of hydrogen-bond acceptors (Lipinski definition) is 1. The van der Waals surface area contributed by atoms with Crippen LogP contribution in [0.2, 0.25) is 10.0 Å². The lowest BCUT2D eigenvalue weighted by Gasteiger charge is -2.16. The van der Waals surface area contributed by atoms with Gasteiger partial charge in [0.2, 0.25) is 5.03 Å². The fourth-order valence-corrected chi connectivity index (χ4v) is 2.95. The topological polar surface area (TPSA) is 18.0 Å². The highest BCUT2D eigenvalue weighted by Crippen LogP contribution is 2.27. The molecule has 110 valence electrons. The van der Waals surface area contributed by atoms with Gasteiger partial charge >= 0.3 is 0 Å². The molecular weight excluding hydrogens is 335 g/mol.